The maximum atomic E-state index is 14.4. The third-order valence-electron chi connectivity index (χ3n) is 8.38. The van der Waals surface area contributed by atoms with Crippen molar-refractivity contribution in [1.29, 1.82) is 0 Å². The van der Waals surface area contributed by atoms with Crippen LogP contribution in [0.3, 0.4) is 0 Å². The van der Waals surface area contributed by atoms with Crippen LogP contribution in [0.4, 0.5) is 4.39 Å². The summed E-state index contributed by atoms with van der Waals surface area (Å²) in [6, 6.07) is 4.42. The Hall–Kier alpha value is -1.84. The smallest absolute Gasteiger partial charge is 0.314 e. The van der Waals surface area contributed by atoms with Crippen LogP contribution in [-0.2, 0) is 4.79 Å². The van der Waals surface area contributed by atoms with Crippen molar-refractivity contribution in [3.63, 3.8) is 0 Å². The van der Waals surface area contributed by atoms with Crippen molar-refractivity contribution in [2.45, 2.75) is 78.1 Å². The van der Waals surface area contributed by atoms with Gasteiger partial charge in [0.05, 0.1) is 5.92 Å². The molecule has 3 aliphatic rings. The Labute approximate surface area is 192 Å². The van der Waals surface area contributed by atoms with Gasteiger partial charge in [-0.05, 0) is 106 Å². The van der Waals surface area contributed by atoms with Crippen LogP contribution in [0.15, 0.2) is 30.4 Å². The molecule has 4 heteroatoms. The highest BCUT2D eigenvalue weighted by atomic mass is 19.1. The number of carbonyl (C=O) groups is 1. The molecule has 1 aromatic rings. The second-order valence-corrected chi connectivity index (χ2v) is 10.5. The maximum absolute atomic E-state index is 14.4. The Morgan fingerprint density at radius 2 is 1.62 bits per heavy atom. The van der Waals surface area contributed by atoms with Gasteiger partial charge in [0, 0.05) is 6.07 Å². The number of halogens is 1. The number of carbonyl (C=O) groups excluding carboxylic acids is 1. The monoisotopic (exact) mass is 442 g/mol. The summed E-state index contributed by atoms with van der Waals surface area (Å²) in [5.41, 5.74) is 0. The lowest BCUT2D eigenvalue weighted by Crippen LogP contribution is -2.35. The topological polar surface area (TPSA) is 35.5 Å². The van der Waals surface area contributed by atoms with Gasteiger partial charge in [-0.3, -0.25) is 4.79 Å². The SMILES string of the molecule is C/C=C/COc1ccc(OC(=O)C2CCC(C3CCC4CC(C)CCC4C3)CC2)c(F)c1. The average molecular weight is 443 g/mol. The fraction of sp³-hybridized carbons (Fsp3) is 0.679. The quantitative estimate of drug-likeness (QED) is 0.262. The molecule has 3 aliphatic carbocycles. The van der Waals surface area contributed by atoms with Gasteiger partial charge in [0.1, 0.15) is 12.4 Å². The minimum absolute atomic E-state index is 0.000330. The summed E-state index contributed by atoms with van der Waals surface area (Å²) in [6.07, 6.45) is 16.2. The van der Waals surface area contributed by atoms with Gasteiger partial charge in [0.2, 0.25) is 0 Å². The lowest BCUT2D eigenvalue weighted by Gasteiger charge is -2.44. The van der Waals surface area contributed by atoms with E-state index < -0.39 is 5.82 Å². The maximum Gasteiger partial charge on any atom is 0.314 e. The molecule has 4 rings (SSSR count). The molecule has 0 bridgehead atoms. The van der Waals surface area contributed by atoms with Crippen molar-refractivity contribution >= 4 is 5.97 Å². The van der Waals surface area contributed by atoms with Gasteiger partial charge in [-0.25, -0.2) is 4.39 Å². The number of fused-ring (bicyclic) bond motifs is 1. The molecule has 0 aliphatic heterocycles. The van der Waals surface area contributed by atoms with Gasteiger partial charge in [0.15, 0.2) is 11.6 Å². The van der Waals surface area contributed by atoms with Crippen LogP contribution in [-0.4, -0.2) is 12.6 Å². The highest BCUT2D eigenvalue weighted by molar-refractivity contribution is 5.75. The van der Waals surface area contributed by atoms with Crippen molar-refractivity contribution in [2.24, 2.45) is 35.5 Å². The molecule has 0 radical (unpaired) electrons. The van der Waals surface area contributed by atoms with E-state index in [0.717, 1.165) is 55.3 Å². The molecule has 0 amide bonds. The van der Waals surface area contributed by atoms with Crippen LogP contribution in [0, 0.1) is 41.3 Å². The van der Waals surface area contributed by atoms with Crippen LogP contribution < -0.4 is 9.47 Å². The Morgan fingerprint density at radius 1 is 0.969 bits per heavy atom. The molecule has 3 nitrogen and oxygen atoms in total. The van der Waals surface area contributed by atoms with Crippen LogP contribution in [0.25, 0.3) is 0 Å². The first-order chi connectivity index (χ1) is 15.5. The molecular weight excluding hydrogens is 403 g/mol. The van der Waals surface area contributed by atoms with Gasteiger partial charge < -0.3 is 9.47 Å². The molecule has 32 heavy (non-hydrogen) atoms. The van der Waals surface area contributed by atoms with E-state index in [1.54, 1.807) is 6.07 Å². The van der Waals surface area contributed by atoms with Crippen molar-refractivity contribution in [3.05, 3.63) is 36.2 Å². The molecule has 0 saturated heterocycles. The summed E-state index contributed by atoms with van der Waals surface area (Å²) in [5, 5.41) is 0. The molecular formula is C28H39FO3. The molecule has 176 valence electrons. The number of allylic oxidation sites excluding steroid dienone is 1. The van der Waals surface area contributed by atoms with E-state index in [4.69, 9.17) is 9.47 Å². The minimum atomic E-state index is -0.552. The fourth-order valence-electron chi connectivity index (χ4n) is 6.50. The first-order valence-electron chi connectivity index (χ1n) is 12.8. The predicted octanol–water partition coefficient (Wildman–Crippen LogP) is 7.34. The van der Waals surface area contributed by atoms with Crippen molar-refractivity contribution in [2.75, 3.05) is 6.61 Å². The van der Waals surface area contributed by atoms with Crippen molar-refractivity contribution in [3.8, 4) is 11.5 Å². The minimum Gasteiger partial charge on any atom is -0.489 e. The Morgan fingerprint density at radius 3 is 2.34 bits per heavy atom. The number of benzene rings is 1. The number of esters is 1. The third kappa shape index (κ3) is 5.74. The Kier molecular flexibility index (Phi) is 7.91. The van der Waals surface area contributed by atoms with E-state index in [9.17, 15) is 9.18 Å². The number of hydrogen-bond acceptors (Lipinski definition) is 3. The van der Waals surface area contributed by atoms with Crippen LogP contribution in [0.2, 0.25) is 0 Å². The van der Waals surface area contributed by atoms with E-state index in [-0.39, 0.29) is 17.6 Å². The second kappa shape index (κ2) is 10.9. The first kappa shape index (κ1) is 23.3. The summed E-state index contributed by atoms with van der Waals surface area (Å²) >= 11 is 0. The Balaban J connectivity index is 1.24. The summed E-state index contributed by atoms with van der Waals surface area (Å²) < 4.78 is 25.3. The lowest BCUT2D eigenvalue weighted by atomic mass is 9.61. The van der Waals surface area contributed by atoms with E-state index >= 15 is 0 Å². The third-order valence-corrected chi connectivity index (χ3v) is 8.38. The molecule has 4 unspecified atom stereocenters. The molecule has 0 spiro atoms. The second-order valence-electron chi connectivity index (χ2n) is 10.5. The lowest BCUT2D eigenvalue weighted by molar-refractivity contribution is -0.140. The van der Waals surface area contributed by atoms with Crippen LogP contribution >= 0.6 is 0 Å². The average Bonchev–Trinajstić information content (AvgIpc) is 2.80. The highest BCUT2D eigenvalue weighted by Crippen LogP contribution is 2.49. The zero-order valence-corrected chi connectivity index (χ0v) is 19.7. The Bertz CT molecular complexity index is 796. The zero-order chi connectivity index (χ0) is 22.5. The van der Waals surface area contributed by atoms with E-state index in [2.05, 4.69) is 6.92 Å². The van der Waals surface area contributed by atoms with Crippen LogP contribution in [0.1, 0.15) is 78.1 Å². The largest absolute Gasteiger partial charge is 0.489 e. The normalized spacial score (nSPS) is 33.0. The molecule has 4 atom stereocenters. The molecule has 0 heterocycles. The number of rotatable bonds is 6. The summed E-state index contributed by atoms with van der Waals surface area (Å²) in [5.74, 6) is 3.92. The first-order valence-corrected chi connectivity index (χ1v) is 12.8. The van der Waals surface area contributed by atoms with E-state index in [0.29, 0.717) is 12.4 Å². The van der Waals surface area contributed by atoms with Gasteiger partial charge in [0.25, 0.3) is 0 Å². The summed E-state index contributed by atoms with van der Waals surface area (Å²) in [6.45, 7) is 4.71. The summed E-state index contributed by atoms with van der Waals surface area (Å²) in [7, 11) is 0. The molecule has 3 fully saturated rings. The highest BCUT2D eigenvalue weighted by Gasteiger charge is 2.39. The fourth-order valence-corrected chi connectivity index (χ4v) is 6.50. The molecule has 0 aromatic heterocycles. The molecule has 1 aromatic carbocycles. The molecule has 3 saturated carbocycles. The van der Waals surface area contributed by atoms with Crippen LogP contribution in [0.5, 0.6) is 11.5 Å². The number of ether oxygens (including phenoxy) is 2. The van der Waals surface area contributed by atoms with Crippen molar-refractivity contribution < 1.29 is 18.7 Å². The standard InChI is InChI=1S/C28H39FO3/c1-3-4-15-31-25-13-14-27(26(29)18-25)32-28(30)21-9-7-20(8-10-21)23-12-11-22-16-19(2)5-6-24(22)17-23/h3-4,13-14,18-24H,5-12,15-17H2,1-2H3/b4-3+. The predicted molar refractivity (Wildman–Crippen MR) is 125 cm³/mol. The zero-order valence-electron chi connectivity index (χ0n) is 19.7. The van der Waals surface area contributed by atoms with Gasteiger partial charge >= 0.3 is 5.97 Å². The van der Waals surface area contributed by atoms with E-state index in [1.807, 2.05) is 19.1 Å². The van der Waals surface area contributed by atoms with Gasteiger partial charge in [-0.2, -0.15) is 0 Å². The van der Waals surface area contributed by atoms with Gasteiger partial charge in [-0.1, -0.05) is 25.5 Å². The molecule has 0 N–H and O–H groups in total. The van der Waals surface area contributed by atoms with Gasteiger partial charge in [-0.15, -0.1) is 0 Å². The number of hydrogen-bond donors (Lipinski definition) is 0. The van der Waals surface area contributed by atoms with E-state index in [1.165, 1.54) is 50.7 Å². The summed E-state index contributed by atoms with van der Waals surface area (Å²) in [4.78, 5) is 12.7. The van der Waals surface area contributed by atoms with Crippen molar-refractivity contribution in [1.82, 2.24) is 0 Å².